The molecule has 0 spiro atoms. The molecule has 0 atom stereocenters. The van der Waals surface area contributed by atoms with Gasteiger partial charge < -0.3 is 4.74 Å². The Bertz CT molecular complexity index is 454. The number of nitrogens with two attached hydrogens (primary N) is 1. The van der Waals surface area contributed by atoms with Gasteiger partial charge in [0.15, 0.2) is 0 Å². The van der Waals surface area contributed by atoms with E-state index in [0.29, 0.717) is 17.9 Å². The SMILES string of the molecule is CCCCOc1ccc(S(N)(=O)=O)c(C)c1. The van der Waals surface area contributed by atoms with Crippen LogP contribution in [0.25, 0.3) is 0 Å². The van der Waals surface area contributed by atoms with Crippen molar-refractivity contribution >= 4 is 10.0 Å². The first kappa shape index (κ1) is 13.0. The molecule has 1 aromatic rings. The van der Waals surface area contributed by atoms with Crippen molar-refractivity contribution in [1.29, 1.82) is 0 Å². The zero-order valence-electron chi connectivity index (χ0n) is 9.56. The summed E-state index contributed by atoms with van der Waals surface area (Å²) in [4.78, 5) is 0.148. The highest BCUT2D eigenvalue weighted by atomic mass is 32.2. The van der Waals surface area contributed by atoms with E-state index in [2.05, 4.69) is 6.92 Å². The summed E-state index contributed by atoms with van der Waals surface area (Å²) in [5.74, 6) is 0.679. The van der Waals surface area contributed by atoms with Gasteiger partial charge in [0.25, 0.3) is 0 Å². The van der Waals surface area contributed by atoms with Crippen LogP contribution in [0.3, 0.4) is 0 Å². The number of aryl methyl sites for hydroxylation is 1. The number of primary sulfonamides is 1. The van der Waals surface area contributed by atoms with E-state index < -0.39 is 10.0 Å². The van der Waals surface area contributed by atoms with Crippen molar-refractivity contribution in [2.24, 2.45) is 5.14 Å². The quantitative estimate of drug-likeness (QED) is 0.802. The summed E-state index contributed by atoms with van der Waals surface area (Å²) >= 11 is 0. The molecule has 5 heteroatoms. The molecule has 0 saturated heterocycles. The summed E-state index contributed by atoms with van der Waals surface area (Å²) in [6, 6.07) is 4.80. The van der Waals surface area contributed by atoms with E-state index in [-0.39, 0.29) is 4.90 Å². The minimum Gasteiger partial charge on any atom is -0.494 e. The second kappa shape index (κ2) is 5.32. The van der Waals surface area contributed by atoms with Crippen LogP contribution in [-0.2, 0) is 10.0 Å². The molecule has 0 aliphatic carbocycles. The summed E-state index contributed by atoms with van der Waals surface area (Å²) in [5.41, 5.74) is 0.608. The molecule has 0 aromatic heterocycles. The standard InChI is InChI=1S/C11H17NO3S/c1-3-4-7-15-10-5-6-11(9(2)8-10)16(12,13)14/h5-6,8H,3-4,7H2,1-2H3,(H2,12,13,14). The van der Waals surface area contributed by atoms with Crippen molar-refractivity contribution < 1.29 is 13.2 Å². The third-order valence-corrected chi connectivity index (χ3v) is 3.29. The molecule has 4 nitrogen and oxygen atoms in total. The molecule has 0 radical (unpaired) electrons. The number of hydrogen-bond donors (Lipinski definition) is 1. The van der Waals surface area contributed by atoms with Gasteiger partial charge in [-0.25, -0.2) is 13.6 Å². The van der Waals surface area contributed by atoms with Gasteiger partial charge in [-0.15, -0.1) is 0 Å². The summed E-state index contributed by atoms with van der Waals surface area (Å²) in [6.07, 6.45) is 2.05. The smallest absolute Gasteiger partial charge is 0.238 e. The Kier molecular flexibility index (Phi) is 4.32. The fourth-order valence-electron chi connectivity index (χ4n) is 1.37. The lowest BCUT2D eigenvalue weighted by molar-refractivity contribution is 0.309. The molecule has 16 heavy (non-hydrogen) atoms. The Morgan fingerprint density at radius 1 is 1.38 bits per heavy atom. The van der Waals surface area contributed by atoms with Crippen LogP contribution in [-0.4, -0.2) is 15.0 Å². The number of unbranched alkanes of at least 4 members (excludes halogenated alkanes) is 1. The number of benzene rings is 1. The molecule has 0 aliphatic rings. The van der Waals surface area contributed by atoms with Crippen molar-refractivity contribution in [1.82, 2.24) is 0 Å². The maximum absolute atomic E-state index is 11.2. The maximum atomic E-state index is 11.2. The lowest BCUT2D eigenvalue weighted by Crippen LogP contribution is -2.13. The largest absolute Gasteiger partial charge is 0.494 e. The predicted molar refractivity (Wildman–Crippen MR) is 63.0 cm³/mol. The minimum absolute atomic E-state index is 0.148. The predicted octanol–water partition coefficient (Wildman–Crippen LogP) is 1.82. The Morgan fingerprint density at radius 2 is 2.06 bits per heavy atom. The first-order chi connectivity index (χ1) is 7.45. The molecule has 0 saturated carbocycles. The van der Waals surface area contributed by atoms with Crippen molar-refractivity contribution in [3.05, 3.63) is 23.8 Å². The minimum atomic E-state index is -3.63. The van der Waals surface area contributed by atoms with Gasteiger partial charge >= 0.3 is 0 Å². The van der Waals surface area contributed by atoms with Crippen molar-refractivity contribution in [3.8, 4) is 5.75 Å². The van der Waals surface area contributed by atoms with E-state index in [0.717, 1.165) is 12.8 Å². The second-order valence-electron chi connectivity index (χ2n) is 3.67. The van der Waals surface area contributed by atoms with Crippen LogP contribution in [0.15, 0.2) is 23.1 Å². The summed E-state index contributed by atoms with van der Waals surface area (Å²) in [5, 5.41) is 5.06. The Labute approximate surface area is 96.5 Å². The first-order valence-electron chi connectivity index (χ1n) is 5.21. The normalized spacial score (nSPS) is 11.4. The molecular weight excluding hydrogens is 226 g/mol. The highest BCUT2D eigenvalue weighted by molar-refractivity contribution is 7.89. The van der Waals surface area contributed by atoms with E-state index in [9.17, 15) is 8.42 Å². The third kappa shape index (κ3) is 3.50. The monoisotopic (exact) mass is 243 g/mol. The van der Waals surface area contributed by atoms with E-state index in [1.54, 1.807) is 19.1 Å². The van der Waals surface area contributed by atoms with Gasteiger partial charge in [0.2, 0.25) is 10.0 Å². The molecule has 1 aromatic carbocycles. The van der Waals surface area contributed by atoms with Gasteiger partial charge in [-0.1, -0.05) is 13.3 Å². The molecule has 2 N–H and O–H groups in total. The molecule has 1 rings (SSSR count). The highest BCUT2D eigenvalue weighted by Gasteiger charge is 2.11. The van der Waals surface area contributed by atoms with E-state index in [4.69, 9.17) is 9.88 Å². The highest BCUT2D eigenvalue weighted by Crippen LogP contribution is 2.20. The first-order valence-corrected chi connectivity index (χ1v) is 6.76. The molecule has 0 aliphatic heterocycles. The van der Waals surface area contributed by atoms with Gasteiger partial charge in [0, 0.05) is 0 Å². The van der Waals surface area contributed by atoms with Crippen LogP contribution < -0.4 is 9.88 Å². The van der Waals surface area contributed by atoms with Gasteiger partial charge in [0.1, 0.15) is 5.75 Å². The number of rotatable bonds is 5. The van der Waals surface area contributed by atoms with Gasteiger partial charge in [-0.2, -0.15) is 0 Å². The molecule has 0 bridgehead atoms. The van der Waals surface area contributed by atoms with Crippen LogP contribution in [0.5, 0.6) is 5.75 Å². The van der Waals surface area contributed by atoms with E-state index in [1.807, 2.05) is 0 Å². The van der Waals surface area contributed by atoms with Crippen LogP contribution in [0.2, 0.25) is 0 Å². The van der Waals surface area contributed by atoms with Gasteiger partial charge in [-0.3, -0.25) is 0 Å². The lowest BCUT2D eigenvalue weighted by Gasteiger charge is -2.08. The molecule has 0 amide bonds. The van der Waals surface area contributed by atoms with Gasteiger partial charge in [-0.05, 0) is 37.1 Å². The summed E-state index contributed by atoms with van der Waals surface area (Å²) in [6.45, 7) is 4.43. The molecule has 0 heterocycles. The van der Waals surface area contributed by atoms with Crippen molar-refractivity contribution in [3.63, 3.8) is 0 Å². The molecule has 0 unspecified atom stereocenters. The number of sulfonamides is 1. The fourth-order valence-corrected chi connectivity index (χ4v) is 2.13. The Hall–Kier alpha value is -1.07. The third-order valence-electron chi connectivity index (χ3n) is 2.22. The Morgan fingerprint density at radius 3 is 2.56 bits per heavy atom. The average molecular weight is 243 g/mol. The van der Waals surface area contributed by atoms with Crippen LogP contribution >= 0.6 is 0 Å². The maximum Gasteiger partial charge on any atom is 0.238 e. The summed E-state index contributed by atoms with van der Waals surface area (Å²) < 4.78 is 27.8. The van der Waals surface area contributed by atoms with Crippen molar-refractivity contribution in [2.75, 3.05) is 6.61 Å². The van der Waals surface area contributed by atoms with Gasteiger partial charge in [0.05, 0.1) is 11.5 Å². The Balaban J connectivity index is 2.83. The topological polar surface area (TPSA) is 69.4 Å². The van der Waals surface area contributed by atoms with Crippen LogP contribution in [0.4, 0.5) is 0 Å². The zero-order valence-corrected chi connectivity index (χ0v) is 10.4. The summed E-state index contributed by atoms with van der Waals surface area (Å²) in [7, 11) is -3.63. The number of ether oxygens (including phenoxy) is 1. The molecule has 0 fully saturated rings. The van der Waals surface area contributed by atoms with Crippen LogP contribution in [0, 0.1) is 6.92 Å². The average Bonchev–Trinajstić information content (AvgIpc) is 2.16. The lowest BCUT2D eigenvalue weighted by atomic mass is 10.2. The fraction of sp³-hybridized carbons (Fsp3) is 0.455. The molecular formula is C11H17NO3S. The zero-order chi connectivity index (χ0) is 12.2. The van der Waals surface area contributed by atoms with Crippen LogP contribution in [0.1, 0.15) is 25.3 Å². The second-order valence-corrected chi connectivity index (χ2v) is 5.20. The van der Waals surface area contributed by atoms with E-state index >= 15 is 0 Å². The number of hydrogen-bond acceptors (Lipinski definition) is 3. The molecule has 90 valence electrons. The van der Waals surface area contributed by atoms with E-state index in [1.165, 1.54) is 6.07 Å². The van der Waals surface area contributed by atoms with Crippen molar-refractivity contribution in [2.45, 2.75) is 31.6 Å².